The van der Waals surface area contributed by atoms with Crippen LogP contribution in [0.3, 0.4) is 0 Å². The van der Waals surface area contributed by atoms with Crippen molar-refractivity contribution in [1.82, 2.24) is 10.2 Å². The van der Waals surface area contributed by atoms with Crippen molar-refractivity contribution in [1.29, 1.82) is 0 Å². The van der Waals surface area contributed by atoms with E-state index in [0.717, 1.165) is 5.56 Å². The highest BCUT2D eigenvalue weighted by atomic mass is 16.3. The van der Waals surface area contributed by atoms with Crippen molar-refractivity contribution in [3.05, 3.63) is 35.9 Å². The summed E-state index contributed by atoms with van der Waals surface area (Å²) in [6, 6.07) is 9.37. The molecule has 0 aromatic heterocycles. The van der Waals surface area contributed by atoms with Crippen molar-refractivity contribution in [2.24, 2.45) is 0 Å². The van der Waals surface area contributed by atoms with E-state index in [1.54, 1.807) is 0 Å². The number of hydrogen-bond donors (Lipinski definition) is 2. The molecular formula is C12H14N2O3. The largest absolute Gasteiger partial charge is 0.389 e. The minimum atomic E-state index is -0.624. The van der Waals surface area contributed by atoms with Crippen LogP contribution < -0.4 is 5.32 Å². The van der Waals surface area contributed by atoms with Crippen molar-refractivity contribution in [2.45, 2.75) is 12.6 Å². The van der Waals surface area contributed by atoms with Gasteiger partial charge in [-0.2, -0.15) is 0 Å². The van der Waals surface area contributed by atoms with Crippen molar-refractivity contribution in [3.63, 3.8) is 0 Å². The minimum Gasteiger partial charge on any atom is -0.389 e. The molecule has 0 unspecified atom stereocenters. The van der Waals surface area contributed by atoms with Crippen LogP contribution in [0.4, 0.5) is 0 Å². The molecule has 0 spiro atoms. The smallest absolute Gasteiger partial charge is 0.312 e. The highest BCUT2D eigenvalue weighted by Crippen LogP contribution is 2.07. The summed E-state index contributed by atoms with van der Waals surface area (Å²) in [6.45, 7) is 0.830. The van der Waals surface area contributed by atoms with Gasteiger partial charge in [-0.25, -0.2) is 0 Å². The Labute approximate surface area is 99.0 Å². The summed E-state index contributed by atoms with van der Waals surface area (Å²) in [5, 5.41) is 11.6. The number of amides is 2. The molecule has 1 saturated heterocycles. The monoisotopic (exact) mass is 234 g/mol. The zero-order valence-corrected chi connectivity index (χ0v) is 9.30. The third-order valence-corrected chi connectivity index (χ3v) is 2.64. The normalized spacial score (nSPS) is 15.2. The molecule has 17 heavy (non-hydrogen) atoms. The maximum atomic E-state index is 11.5. The predicted molar refractivity (Wildman–Crippen MR) is 60.9 cm³/mol. The molecule has 1 aliphatic rings. The SMILES string of the molecule is O=C(NCc1ccccc1)C(=O)N1CC(O)C1. The van der Waals surface area contributed by atoms with Crippen molar-refractivity contribution in [3.8, 4) is 0 Å². The van der Waals surface area contributed by atoms with E-state index in [1.165, 1.54) is 4.90 Å². The molecular weight excluding hydrogens is 220 g/mol. The second kappa shape index (κ2) is 4.97. The molecule has 5 heteroatoms. The first-order chi connectivity index (χ1) is 8.16. The average molecular weight is 234 g/mol. The van der Waals surface area contributed by atoms with Gasteiger partial charge in [0.15, 0.2) is 0 Å². The molecule has 1 heterocycles. The van der Waals surface area contributed by atoms with Crippen molar-refractivity contribution < 1.29 is 14.7 Å². The zero-order valence-electron chi connectivity index (χ0n) is 9.30. The van der Waals surface area contributed by atoms with Crippen LogP contribution in [0.25, 0.3) is 0 Å². The Bertz CT molecular complexity index is 413. The quantitative estimate of drug-likeness (QED) is 0.678. The van der Waals surface area contributed by atoms with Gasteiger partial charge in [-0.1, -0.05) is 30.3 Å². The van der Waals surface area contributed by atoms with Gasteiger partial charge in [0.25, 0.3) is 0 Å². The van der Waals surface area contributed by atoms with Gasteiger partial charge in [0.1, 0.15) is 0 Å². The predicted octanol–water partition coefficient (Wildman–Crippen LogP) is -0.494. The van der Waals surface area contributed by atoms with E-state index in [4.69, 9.17) is 5.11 Å². The number of aliphatic hydroxyl groups is 1. The fourth-order valence-electron chi connectivity index (χ4n) is 1.62. The first-order valence-corrected chi connectivity index (χ1v) is 5.46. The maximum absolute atomic E-state index is 11.5. The number of likely N-dealkylation sites (tertiary alicyclic amines) is 1. The maximum Gasteiger partial charge on any atom is 0.312 e. The van der Waals surface area contributed by atoms with E-state index < -0.39 is 17.9 Å². The van der Waals surface area contributed by atoms with Crippen LogP contribution in [0.2, 0.25) is 0 Å². The lowest BCUT2D eigenvalue weighted by atomic mass is 10.1. The van der Waals surface area contributed by atoms with E-state index >= 15 is 0 Å². The van der Waals surface area contributed by atoms with Gasteiger partial charge >= 0.3 is 11.8 Å². The Morgan fingerprint density at radius 2 is 1.94 bits per heavy atom. The van der Waals surface area contributed by atoms with Crippen LogP contribution in [0.1, 0.15) is 5.56 Å². The van der Waals surface area contributed by atoms with Crippen LogP contribution in [0.5, 0.6) is 0 Å². The Morgan fingerprint density at radius 3 is 2.53 bits per heavy atom. The number of benzene rings is 1. The number of rotatable bonds is 2. The van der Waals surface area contributed by atoms with Crippen LogP contribution in [0.15, 0.2) is 30.3 Å². The molecule has 1 aromatic rings. The van der Waals surface area contributed by atoms with Gasteiger partial charge in [-0.3, -0.25) is 9.59 Å². The van der Waals surface area contributed by atoms with Gasteiger partial charge in [-0.15, -0.1) is 0 Å². The lowest BCUT2D eigenvalue weighted by Crippen LogP contribution is -2.57. The van der Waals surface area contributed by atoms with Gasteiger partial charge in [0.2, 0.25) is 0 Å². The Balaban J connectivity index is 1.80. The number of aliphatic hydroxyl groups excluding tert-OH is 1. The molecule has 5 nitrogen and oxygen atoms in total. The van der Waals surface area contributed by atoms with E-state index in [2.05, 4.69) is 5.32 Å². The topological polar surface area (TPSA) is 69.6 Å². The first-order valence-electron chi connectivity index (χ1n) is 5.46. The number of carbonyl (C=O) groups excluding carboxylic acids is 2. The summed E-state index contributed by atoms with van der Waals surface area (Å²) in [7, 11) is 0. The highest BCUT2D eigenvalue weighted by Gasteiger charge is 2.32. The van der Waals surface area contributed by atoms with Gasteiger partial charge in [0, 0.05) is 19.6 Å². The summed E-state index contributed by atoms with van der Waals surface area (Å²) < 4.78 is 0. The molecule has 0 saturated carbocycles. The lowest BCUT2D eigenvalue weighted by Gasteiger charge is -2.35. The number of hydrogen-bond acceptors (Lipinski definition) is 3. The standard InChI is InChI=1S/C12H14N2O3/c15-10-7-14(8-10)12(17)11(16)13-6-9-4-2-1-3-5-9/h1-5,10,15H,6-8H2,(H,13,16). The summed E-state index contributed by atoms with van der Waals surface area (Å²) in [6.07, 6.45) is -0.485. The molecule has 2 rings (SSSR count). The zero-order chi connectivity index (χ0) is 12.3. The molecule has 0 aliphatic carbocycles. The van der Waals surface area contributed by atoms with E-state index in [1.807, 2.05) is 30.3 Å². The molecule has 2 amide bonds. The summed E-state index contributed by atoms with van der Waals surface area (Å²) >= 11 is 0. The van der Waals surface area contributed by atoms with Crippen LogP contribution in [-0.4, -0.2) is 41.0 Å². The molecule has 90 valence electrons. The molecule has 0 bridgehead atoms. The Hall–Kier alpha value is -1.88. The van der Waals surface area contributed by atoms with E-state index in [0.29, 0.717) is 6.54 Å². The molecule has 0 atom stereocenters. The van der Waals surface area contributed by atoms with Gasteiger partial charge in [0.05, 0.1) is 6.10 Å². The number of nitrogens with zero attached hydrogens (tertiary/aromatic N) is 1. The lowest BCUT2D eigenvalue weighted by molar-refractivity contribution is -0.152. The van der Waals surface area contributed by atoms with Crippen LogP contribution in [-0.2, 0) is 16.1 Å². The van der Waals surface area contributed by atoms with Gasteiger partial charge < -0.3 is 15.3 Å². The first kappa shape index (κ1) is 11.6. The summed E-state index contributed by atoms with van der Waals surface area (Å²) in [5.41, 5.74) is 0.942. The molecule has 1 fully saturated rings. The molecule has 2 N–H and O–H groups in total. The third kappa shape index (κ3) is 2.82. The second-order valence-electron chi connectivity index (χ2n) is 4.03. The average Bonchev–Trinajstić information content (AvgIpc) is 2.32. The Morgan fingerprint density at radius 1 is 1.29 bits per heavy atom. The summed E-state index contributed by atoms with van der Waals surface area (Å²) in [4.78, 5) is 24.3. The van der Waals surface area contributed by atoms with Crippen molar-refractivity contribution >= 4 is 11.8 Å². The number of nitrogens with one attached hydrogen (secondary N) is 1. The minimum absolute atomic E-state index is 0.248. The number of β-amino-alcohol motifs (C(OH)–C–C–N with tert-alkyl or cyclic N) is 1. The fraction of sp³-hybridized carbons (Fsp3) is 0.333. The third-order valence-electron chi connectivity index (χ3n) is 2.64. The van der Waals surface area contributed by atoms with Gasteiger partial charge in [-0.05, 0) is 5.56 Å². The second-order valence-corrected chi connectivity index (χ2v) is 4.03. The highest BCUT2D eigenvalue weighted by molar-refractivity contribution is 6.35. The van der Waals surface area contributed by atoms with Crippen molar-refractivity contribution in [2.75, 3.05) is 13.1 Å². The van der Waals surface area contributed by atoms with Crippen LogP contribution >= 0.6 is 0 Å². The van der Waals surface area contributed by atoms with Crippen LogP contribution in [0, 0.1) is 0 Å². The molecule has 0 radical (unpaired) electrons. The Kier molecular flexibility index (Phi) is 3.39. The fourth-order valence-corrected chi connectivity index (χ4v) is 1.62. The molecule has 1 aromatic carbocycles. The summed E-state index contributed by atoms with van der Waals surface area (Å²) in [5.74, 6) is -1.20. The molecule has 1 aliphatic heterocycles. The van der Waals surface area contributed by atoms with E-state index in [-0.39, 0.29) is 13.1 Å². The van der Waals surface area contributed by atoms with E-state index in [9.17, 15) is 9.59 Å². The number of carbonyl (C=O) groups is 2.